The average Bonchev–Trinajstić information content (AvgIpc) is 1.75. The molecule has 0 saturated carbocycles. The summed E-state index contributed by atoms with van der Waals surface area (Å²) in [5.74, 6) is -14.4. The molecule has 0 unspecified atom stereocenters. The molecule has 11 N–H and O–H groups in total. The quantitative estimate of drug-likeness (QED) is 0.0287. The maximum atomic E-state index is 15.5. The number of nitrogens with two attached hydrogens (primary N) is 1. The van der Waals surface area contributed by atoms with Crippen LogP contribution in [0.5, 0.6) is 0 Å². The molecule has 1 saturated heterocycles. The lowest BCUT2D eigenvalue weighted by Crippen LogP contribution is -2.58. The van der Waals surface area contributed by atoms with Gasteiger partial charge in [0.1, 0.15) is 48.5 Å². The Labute approximate surface area is 519 Å². The number of primary amides is 1. The predicted molar refractivity (Wildman–Crippen MR) is 316 cm³/mol. The van der Waals surface area contributed by atoms with Crippen LogP contribution in [0.3, 0.4) is 0 Å². The first-order valence-corrected chi connectivity index (χ1v) is 29.1. The standard InChI is InChI=1S/C60H81F2N11O17/c1-34(66-56(85)36(3)70(7)26-13-9-12-16-52(82)90-73-48(77)20-21-49(73)78)54(83)65-35(2)55(84)69-44(30-46(63)75)58(87)68-42(57(86)64-25-23-47(76)67-43(59(88)89)19-22-51(80)81)24-27-72(50(79)33-74)53(60(4,5)6)45-28-38(40-29-39(61)17-18-41(40)62)32-71(45)31-37-14-10-8-11-15-37/h8,10-11,14-15,17-18,28-29,32,34-36,42-44,53,74H,9,12-13,16,19-27,30-31,33H2,1-7H3,(H2,63,75)(H,64,86)(H,65,83)(H,66,85)(H,67,76)(H,68,87)(H,69,84)(H,80,81)(H,88,89)/t34-,35-,36-,42-,43+,44-,53-/m0/s1/i/hD. The Morgan fingerprint density at radius 3 is 2.00 bits per heavy atom. The van der Waals surface area contributed by atoms with Gasteiger partial charge in [0.25, 0.3) is 11.8 Å². The van der Waals surface area contributed by atoms with Crippen LogP contribution in [0.25, 0.3) is 11.1 Å². The van der Waals surface area contributed by atoms with Crippen molar-refractivity contribution >= 4 is 77.0 Å². The summed E-state index contributed by atoms with van der Waals surface area (Å²) in [6.45, 7) is 7.51. The molecule has 1 aromatic heterocycles. The number of halogens is 2. The summed E-state index contributed by atoms with van der Waals surface area (Å²) in [7, 11) is 1.59. The number of carboxylic acid groups (broad SMARTS) is 2. The molecule has 2 aromatic carbocycles. The Hall–Kier alpha value is -9.19. The second kappa shape index (κ2) is 34.5. The van der Waals surface area contributed by atoms with E-state index in [1.54, 1.807) is 67.7 Å². The number of aliphatic hydroxyl groups is 1. The van der Waals surface area contributed by atoms with E-state index in [-0.39, 0.29) is 36.9 Å². The highest BCUT2D eigenvalue weighted by atomic mass is 19.1. The van der Waals surface area contributed by atoms with Crippen LogP contribution in [0.2, 0.25) is 1.41 Å². The van der Waals surface area contributed by atoms with Gasteiger partial charge in [0.2, 0.25) is 47.3 Å². The van der Waals surface area contributed by atoms with Crippen LogP contribution in [0.4, 0.5) is 8.78 Å². The maximum absolute atomic E-state index is 15.5. The van der Waals surface area contributed by atoms with Crippen LogP contribution < -0.4 is 37.6 Å². The zero-order valence-electron chi connectivity index (χ0n) is 52.3. The van der Waals surface area contributed by atoms with E-state index >= 15 is 4.39 Å². The number of likely N-dealkylation sites (N-methyl/N-ethyl adjacent to an activating group) is 1. The number of hydroxylamine groups is 2. The molecule has 2 heterocycles. The zero-order valence-corrected chi connectivity index (χ0v) is 51.3. The fraction of sp³-hybridized carbons (Fsp3) is 0.517. The van der Waals surface area contributed by atoms with Gasteiger partial charge in [-0.3, -0.25) is 57.6 Å². The number of carbonyl (C=O) groups is 13. The van der Waals surface area contributed by atoms with Gasteiger partial charge in [0.05, 0.1) is 18.5 Å². The molecule has 30 heteroatoms. The van der Waals surface area contributed by atoms with Gasteiger partial charge in [-0.05, 0) is 95.3 Å². The van der Waals surface area contributed by atoms with Crippen molar-refractivity contribution in [3.05, 3.63) is 83.7 Å². The smallest absolute Gasteiger partial charge is 0.333 e. The van der Waals surface area contributed by atoms with E-state index in [1.165, 1.54) is 25.7 Å². The normalized spacial score (nSPS) is 14.8. The Bertz CT molecular complexity index is 3130. The molecule has 0 spiro atoms. The number of aliphatic hydroxyl groups excluding tert-OH is 1. The summed E-state index contributed by atoms with van der Waals surface area (Å²) in [6, 6.07) is 3.16. The minimum atomic E-state index is -1.88. The number of unbranched alkanes of at least 4 members (excludes halogenated alkanes) is 2. The monoisotopic (exact) mass is 1270 g/mol. The molecule has 28 nitrogen and oxygen atoms in total. The van der Waals surface area contributed by atoms with E-state index in [0.717, 1.165) is 23.8 Å². The van der Waals surface area contributed by atoms with Crippen molar-refractivity contribution < 1.29 is 92.7 Å². The maximum Gasteiger partial charge on any atom is 0.333 e. The highest BCUT2D eigenvalue weighted by Crippen LogP contribution is 2.41. The van der Waals surface area contributed by atoms with E-state index in [0.29, 0.717) is 41.9 Å². The number of hydrogen-bond donors (Lipinski definition) is 10. The van der Waals surface area contributed by atoms with Crippen molar-refractivity contribution in [1.82, 2.24) is 51.3 Å². The molecule has 0 aliphatic carbocycles. The van der Waals surface area contributed by atoms with Crippen molar-refractivity contribution in [3.8, 4) is 11.1 Å². The summed E-state index contributed by atoms with van der Waals surface area (Å²) in [4.78, 5) is 175. The second-order valence-corrected chi connectivity index (χ2v) is 22.8. The number of aliphatic carboxylic acids is 2. The predicted octanol–water partition coefficient (Wildman–Crippen LogP) is 1.06. The van der Waals surface area contributed by atoms with Crippen molar-refractivity contribution in [2.75, 3.05) is 33.3 Å². The third kappa shape index (κ3) is 22.8. The SMILES string of the molecule is [2H]N(C(=O)[C@H](C)N(C)CCCCCC(=O)ON1C(=O)CCC1=O)[C@@H](C)C(=O)N[C@@H](C)C(=O)N[C@@H](CC(N)=O)C(=O)N[C@@H](CCN(C(=O)CO)[C@@H](c1cc(-c2cc(F)ccc2F)cn1Cc1ccccc1)C(C)(C)C)C(=O)NCCC(=O)N[C@H](CCC(=O)O)C(=O)O. The third-order valence-electron chi connectivity index (χ3n) is 14.6. The summed E-state index contributed by atoms with van der Waals surface area (Å²) in [6.07, 6.45) is -0.388. The summed E-state index contributed by atoms with van der Waals surface area (Å²) in [5, 5.41) is 41.7. The van der Waals surface area contributed by atoms with E-state index in [9.17, 15) is 76.9 Å². The molecule has 7 atom stereocenters. The van der Waals surface area contributed by atoms with Gasteiger partial charge in [0, 0.05) is 74.8 Å². The largest absolute Gasteiger partial charge is 0.481 e. The molecule has 1 aliphatic heterocycles. The van der Waals surface area contributed by atoms with Crippen molar-refractivity contribution in [1.29, 1.82) is 0 Å². The van der Waals surface area contributed by atoms with Crippen LogP contribution in [-0.4, -0.2) is 181 Å². The number of carbonyl (C=O) groups excluding carboxylic acids is 11. The molecule has 1 fully saturated rings. The minimum Gasteiger partial charge on any atom is -0.481 e. The molecule has 10 amide bonds. The Morgan fingerprint density at radius 1 is 0.744 bits per heavy atom. The van der Waals surface area contributed by atoms with Crippen LogP contribution >= 0.6 is 0 Å². The fourth-order valence-corrected chi connectivity index (χ4v) is 9.58. The third-order valence-corrected chi connectivity index (χ3v) is 14.6. The summed E-state index contributed by atoms with van der Waals surface area (Å²) >= 11 is 0. The molecular weight excluding hydrogens is 1180 g/mol. The first-order chi connectivity index (χ1) is 42.7. The van der Waals surface area contributed by atoms with E-state index in [1.807, 2.05) is 12.1 Å². The van der Waals surface area contributed by atoms with Crippen molar-refractivity contribution in [2.24, 2.45) is 11.1 Å². The van der Waals surface area contributed by atoms with Crippen molar-refractivity contribution in [3.63, 3.8) is 0 Å². The van der Waals surface area contributed by atoms with Gasteiger partial charge >= 0.3 is 17.9 Å². The topological polar surface area (TPSA) is 405 Å². The second-order valence-electron chi connectivity index (χ2n) is 22.8. The van der Waals surface area contributed by atoms with Gasteiger partial charge < -0.3 is 67.3 Å². The highest BCUT2D eigenvalue weighted by Gasteiger charge is 2.39. The summed E-state index contributed by atoms with van der Waals surface area (Å²) in [5.41, 5.74) is 5.78. The Morgan fingerprint density at radius 2 is 1.39 bits per heavy atom. The van der Waals surface area contributed by atoms with Crippen LogP contribution in [0, 0.1) is 17.0 Å². The lowest BCUT2D eigenvalue weighted by molar-refractivity contribution is -0.197. The lowest BCUT2D eigenvalue weighted by atomic mass is 9.82. The van der Waals surface area contributed by atoms with Gasteiger partial charge in [0.15, 0.2) is 1.41 Å². The van der Waals surface area contributed by atoms with E-state index < -0.39 is 188 Å². The molecule has 0 bridgehead atoms. The molecule has 1 aliphatic rings. The van der Waals surface area contributed by atoms with E-state index in [4.69, 9.17) is 17.1 Å². The van der Waals surface area contributed by atoms with Crippen LogP contribution in [-0.2, 0) is 73.7 Å². The number of hydrogen-bond acceptors (Lipinski definition) is 16. The van der Waals surface area contributed by atoms with Gasteiger partial charge in [-0.25, -0.2) is 18.4 Å². The molecule has 0 radical (unpaired) electrons. The number of nitrogens with zero attached hydrogens (tertiary/aromatic N) is 4. The average molecular weight is 1270 g/mol. The number of amides is 10. The number of aromatic nitrogens is 1. The first kappa shape index (κ1) is 71.6. The van der Waals surface area contributed by atoms with Gasteiger partial charge in [-0.2, -0.15) is 0 Å². The molecule has 3 aromatic rings. The van der Waals surface area contributed by atoms with Gasteiger partial charge in [-0.1, -0.05) is 57.5 Å². The Balaban J connectivity index is 1.56. The zero-order chi connectivity index (χ0) is 68.0. The number of nitrogens with one attached hydrogen (secondary N) is 6. The first-order valence-electron chi connectivity index (χ1n) is 29.6. The Kier molecular flexibility index (Phi) is 27.5. The highest BCUT2D eigenvalue weighted by molar-refractivity contribution is 6.01. The molecule has 4 rings (SSSR count). The molecular formula is C60H81F2N11O17. The fourth-order valence-electron chi connectivity index (χ4n) is 9.58. The van der Waals surface area contributed by atoms with Crippen LogP contribution in [0.15, 0.2) is 60.8 Å². The molecule has 90 heavy (non-hydrogen) atoms. The number of imide groups is 1. The number of rotatable bonds is 36. The minimum absolute atomic E-state index is 0.0451. The van der Waals surface area contributed by atoms with Crippen LogP contribution in [0.1, 0.15) is 129 Å². The lowest BCUT2D eigenvalue weighted by Gasteiger charge is -2.41. The number of carboxylic acids is 2. The van der Waals surface area contributed by atoms with E-state index in [2.05, 4.69) is 26.6 Å². The van der Waals surface area contributed by atoms with Crippen molar-refractivity contribution in [2.45, 2.75) is 161 Å². The summed E-state index contributed by atoms with van der Waals surface area (Å²) < 4.78 is 40.4. The molecule has 492 valence electrons. The van der Waals surface area contributed by atoms with Gasteiger partial charge in [-0.15, -0.1) is 5.06 Å². The number of benzene rings is 2.